The molecule has 0 saturated heterocycles. The molecular weight excluding hydrogens is 120 g/mol. The van der Waals surface area contributed by atoms with E-state index in [1.807, 2.05) is 0 Å². The maximum atomic E-state index is 1.59. The Morgan fingerprint density at radius 3 is 1.10 bits per heavy atom. The standard InChI is InChI=1S/C10H16/c1-3-7-8(4-1)10-6-2-5-9(7)10/h7-10H,1-6H2. The van der Waals surface area contributed by atoms with Crippen molar-refractivity contribution in [2.45, 2.75) is 38.5 Å². The van der Waals surface area contributed by atoms with Crippen LogP contribution >= 0.6 is 0 Å². The van der Waals surface area contributed by atoms with Gasteiger partial charge in [0, 0.05) is 0 Å². The molecule has 3 fully saturated rings. The summed E-state index contributed by atoms with van der Waals surface area (Å²) in [5.74, 6) is 4.86. The van der Waals surface area contributed by atoms with Gasteiger partial charge < -0.3 is 0 Å². The van der Waals surface area contributed by atoms with E-state index < -0.39 is 0 Å². The summed E-state index contributed by atoms with van der Waals surface area (Å²) in [5.41, 5.74) is 0. The van der Waals surface area contributed by atoms with E-state index in [1.165, 1.54) is 23.7 Å². The molecular formula is C10H16. The molecule has 3 aliphatic carbocycles. The van der Waals surface area contributed by atoms with Crippen LogP contribution in [0.3, 0.4) is 0 Å². The van der Waals surface area contributed by atoms with E-state index in [9.17, 15) is 0 Å². The molecule has 3 aliphatic rings. The summed E-state index contributed by atoms with van der Waals surface area (Å²) < 4.78 is 0. The second kappa shape index (κ2) is 1.78. The minimum atomic E-state index is 1.22. The predicted octanol–water partition coefficient (Wildman–Crippen LogP) is 2.83. The van der Waals surface area contributed by atoms with Gasteiger partial charge >= 0.3 is 0 Å². The van der Waals surface area contributed by atoms with Crippen LogP contribution in [-0.4, -0.2) is 0 Å². The van der Waals surface area contributed by atoms with Gasteiger partial charge in [-0.3, -0.25) is 0 Å². The fourth-order valence-electron chi connectivity index (χ4n) is 4.02. The predicted molar refractivity (Wildman–Crippen MR) is 41.7 cm³/mol. The Hall–Kier alpha value is 0. The molecule has 0 aromatic heterocycles. The molecule has 0 heterocycles. The molecule has 0 aromatic carbocycles. The van der Waals surface area contributed by atoms with Gasteiger partial charge in [0.25, 0.3) is 0 Å². The van der Waals surface area contributed by atoms with Crippen LogP contribution in [0.5, 0.6) is 0 Å². The van der Waals surface area contributed by atoms with Gasteiger partial charge in [0.1, 0.15) is 0 Å². The van der Waals surface area contributed by atoms with E-state index in [4.69, 9.17) is 0 Å². The fourth-order valence-corrected chi connectivity index (χ4v) is 4.02. The van der Waals surface area contributed by atoms with Gasteiger partial charge in [-0.25, -0.2) is 0 Å². The monoisotopic (exact) mass is 136 g/mol. The molecule has 0 radical (unpaired) electrons. The molecule has 0 aliphatic heterocycles. The van der Waals surface area contributed by atoms with Gasteiger partial charge in [-0.2, -0.15) is 0 Å². The average Bonchev–Trinajstić information content (AvgIpc) is 2.42. The van der Waals surface area contributed by atoms with Crippen molar-refractivity contribution in [2.75, 3.05) is 0 Å². The minimum Gasteiger partial charge on any atom is -0.0527 e. The summed E-state index contributed by atoms with van der Waals surface area (Å²) in [4.78, 5) is 0. The zero-order chi connectivity index (χ0) is 6.55. The maximum Gasteiger partial charge on any atom is -0.0352 e. The summed E-state index contributed by atoms with van der Waals surface area (Å²) in [6.45, 7) is 0. The molecule has 0 nitrogen and oxygen atoms in total. The highest BCUT2D eigenvalue weighted by Gasteiger charge is 2.53. The molecule has 0 spiro atoms. The van der Waals surface area contributed by atoms with Crippen LogP contribution in [0, 0.1) is 23.7 Å². The van der Waals surface area contributed by atoms with Crippen LogP contribution in [0.15, 0.2) is 0 Å². The zero-order valence-electron chi connectivity index (χ0n) is 6.55. The Morgan fingerprint density at radius 2 is 0.800 bits per heavy atom. The first-order chi connectivity index (χ1) is 4.97. The molecule has 3 rings (SSSR count). The lowest BCUT2D eigenvalue weighted by molar-refractivity contribution is 0.0302. The molecule has 10 heavy (non-hydrogen) atoms. The van der Waals surface area contributed by atoms with Gasteiger partial charge in [-0.1, -0.05) is 12.8 Å². The van der Waals surface area contributed by atoms with E-state index in [2.05, 4.69) is 0 Å². The van der Waals surface area contributed by atoms with Crippen molar-refractivity contribution >= 4 is 0 Å². The van der Waals surface area contributed by atoms with Gasteiger partial charge in [0.05, 0.1) is 0 Å². The Labute approximate surface area is 63.0 Å². The first-order valence-electron chi connectivity index (χ1n) is 4.97. The smallest absolute Gasteiger partial charge is 0.0352 e. The maximum absolute atomic E-state index is 1.59. The summed E-state index contributed by atoms with van der Waals surface area (Å²) >= 11 is 0. The van der Waals surface area contributed by atoms with Crippen molar-refractivity contribution in [2.24, 2.45) is 23.7 Å². The van der Waals surface area contributed by atoms with Crippen LogP contribution in [0.4, 0.5) is 0 Å². The lowest BCUT2D eigenvalue weighted by Gasteiger charge is -2.45. The highest BCUT2D eigenvalue weighted by molar-refractivity contribution is 5.02. The van der Waals surface area contributed by atoms with Crippen molar-refractivity contribution in [3.05, 3.63) is 0 Å². The topological polar surface area (TPSA) is 0 Å². The number of hydrogen-bond donors (Lipinski definition) is 0. The summed E-state index contributed by atoms with van der Waals surface area (Å²) in [5, 5.41) is 0. The van der Waals surface area contributed by atoms with E-state index >= 15 is 0 Å². The third-order valence-corrected chi connectivity index (χ3v) is 4.35. The van der Waals surface area contributed by atoms with Crippen molar-refractivity contribution in [1.29, 1.82) is 0 Å². The minimum absolute atomic E-state index is 1.22. The van der Waals surface area contributed by atoms with Crippen LogP contribution in [0.1, 0.15) is 38.5 Å². The average molecular weight is 136 g/mol. The summed E-state index contributed by atoms with van der Waals surface area (Å²) in [6, 6.07) is 0. The third-order valence-electron chi connectivity index (χ3n) is 4.35. The van der Waals surface area contributed by atoms with Crippen LogP contribution < -0.4 is 0 Å². The highest BCUT2D eigenvalue weighted by Crippen LogP contribution is 2.61. The van der Waals surface area contributed by atoms with Crippen molar-refractivity contribution in [3.63, 3.8) is 0 Å². The molecule has 0 aromatic rings. The quantitative estimate of drug-likeness (QED) is 0.480. The molecule has 0 amide bonds. The van der Waals surface area contributed by atoms with Crippen molar-refractivity contribution in [1.82, 2.24) is 0 Å². The van der Waals surface area contributed by atoms with E-state index in [0.29, 0.717) is 0 Å². The van der Waals surface area contributed by atoms with E-state index in [1.54, 1.807) is 38.5 Å². The number of fused-ring (bicyclic) bond motifs is 4. The first-order valence-corrected chi connectivity index (χ1v) is 4.97. The van der Waals surface area contributed by atoms with Crippen molar-refractivity contribution < 1.29 is 0 Å². The molecule has 0 atom stereocenters. The highest BCUT2D eigenvalue weighted by atomic mass is 14.6. The van der Waals surface area contributed by atoms with Crippen LogP contribution in [-0.2, 0) is 0 Å². The van der Waals surface area contributed by atoms with Gasteiger partial charge in [0.15, 0.2) is 0 Å². The molecule has 0 heteroatoms. The largest absolute Gasteiger partial charge is 0.0527 e. The molecule has 56 valence electrons. The van der Waals surface area contributed by atoms with Crippen LogP contribution in [0.25, 0.3) is 0 Å². The lowest BCUT2D eigenvalue weighted by atomic mass is 9.60. The SMILES string of the molecule is C1CC2C(C1)C1CCCC21. The van der Waals surface area contributed by atoms with Gasteiger partial charge in [-0.05, 0) is 49.4 Å². The molecule has 0 unspecified atom stereocenters. The number of rotatable bonds is 0. The second-order valence-corrected chi connectivity index (χ2v) is 4.52. The molecule has 0 N–H and O–H groups in total. The van der Waals surface area contributed by atoms with E-state index in [-0.39, 0.29) is 0 Å². The first kappa shape index (κ1) is 5.62. The Bertz CT molecular complexity index is 108. The molecule has 3 saturated carbocycles. The second-order valence-electron chi connectivity index (χ2n) is 4.52. The number of hydrogen-bond acceptors (Lipinski definition) is 0. The molecule has 0 bridgehead atoms. The Morgan fingerprint density at radius 1 is 0.500 bits per heavy atom. The third kappa shape index (κ3) is 0.500. The fraction of sp³-hybridized carbons (Fsp3) is 1.00. The Balaban J connectivity index is 1.84. The van der Waals surface area contributed by atoms with Crippen LogP contribution in [0.2, 0.25) is 0 Å². The zero-order valence-corrected chi connectivity index (χ0v) is 6.55. The van der Waals surface area contributed by atoms with E-state index in [0.717, 1.165) is 0 Å². The normalized spacial score (nSPS) is 57.6. The van der Waals surface area contributed by atoms with Crippen molar-refractivity contribution in [3.8, 4) is 0 Å². The van der Waals surface area contributed by atoms with Gasteiger partial charge in [-0.15, -0.1) is 0 Å². The summed E-state index contributed by atoms with van der Waals surface area (Å²) in [7, 11) is 0. The lowest BCUT2D eigenvalue weighted by Crippen LogP contribution is -2.39. The summed E-state index contributed by atoms with van der Waals surface area (Å²) in [6.07, 6.45) is 9.47. The Kier molecular flexibility index (Phi) is 1.00. The van der Waals surface area contributed by atoms with Gasteiger partial charge in [0.2, 0.25) is 0 Å².